The first-order valence-electron chi connectivity index (χ1n) is 5.34. The van der Waals surface area contributed by atoms with Crippen LogP contribution in [0.25, 0.3) is 6.08 Å². The molecule has 6 heteroatoms. The number of carboxylic acids is 1. The predicted molar refractivity (Wildman–Crippen MR) is 70.8 cm³/mol. The van der Waals surface area contributed by atoms with Gasteiger partial charge in [-0.1, -0.05) is 18.2 Å². The molecule has 0 aromatic heterocycles. The van der Waals surface area contributed by atoms with Crippen LogP contribution in [0.4, 0.5) is 5.69 Å². The van der Waals surface area contributed by atoms with Crippen molar-refractivity contribution in [1.82, 2.24) is 0 Å². The average molecular weight is 269 g/mol. The SMILES string of the molecule is CC(C)S(=O)(=O)Nc1ccccc1/C=C/C(=O)O. The van der Waals surface area contributed by atoms with Gasteiger partial charge in [-0.05, 0) is 31.6 Å². The topological polar surface area (TPSA) is 83.5 Å². The smallest absolute Gasteiger partial charge is 0.328 e. The molecule has 0 heterocycles. The van der Waals surface area contributed by atoms with Crippen LogP contribution in [-0.2, 0) is 14.8 Å². The van der Waals surface area contributed by atoms with E-state index in [4.69, 9.17) is 5.11 Å². The molecule has 1 aromatic carbocycles. The van der Waals surface area contributed by atoms with Crippen LogP contribution in [0, 0.1) is 0 Å². The molecule has 98 valence electrons. The Labute approximate surface area is 106 Å². The van der Waals surface area contributed by atoms with Crippen molar-refractivity contribution in [3.05, 3.63) is 35.9 Å². The molecule has 0 fully saturated rings. The molecule has 0 atom stereocenters. The Balaban J connectivity index is 3.07. The van der Waals surface area contributed by atoms with Crippen LogP contribution in [0.2, 0.25) is 0 Å². The molecule has 0 aliphatic carbocycles. The van der Waals surface area contributed by atoms with E-state index in [2.05, 4.69) is 4.72 Å². The molecule has 0 saturated carbocycles. The molecule has 1 aromatic rings. The minimum Gasteiger partial charge on any atom is -0.478 e. The molecule has 1 rings (SSSR count). The van der Waals surface area contributed by atoms with Crippen LogP contribution in [0.3, 0.4) is 0 Å². The molecule has 2 N–H and O–H groups in total. The highest BCUT2D eigenvalue weighted by molar-refractivity contribution is 7.93. The van der Waals surface area contributed by atoms with Gasteiger partial charge in [0.05, 0.1) is 10.9 Å². The molecule has 0 unspecified atom stereocenters. The van der Waals surface area contributed by atoms with Gasteiger partial charge in [0.25, 0.3) is 0 Å². The van der Waals surface area contributed by atoms with Gasteiger partial charge in [-0.3, -0.25) is 4.72 Å². The van der Waals surface area contributed by atoms with Gasteiger partial charge >= 0.3 is 5.97 Å². The van der Waals surface area contributed by atoms with E-state index in [0.29, 0.717) is 11.3 Å². The summed E-state index contributed by atoms with van der Waals surface area (Å²) in [6, 6.07) is 6.60. The summed E-state index contributed by atoms with van der Waals surface area (Å²) in [7, 11) is -3.44. The minimum absolute atomic E-state index is 0.365. The molecule has 0 radical (unpaired) electrons. The summed E-state index contributed by atoms with van der Waals surface area (Å²) in [6.45, 7) is 3.13. The van der Waals surface area contributed by atoms with Crippen LogP contribution >= 0.6 is 0 Å². The Morgan fingerprint density at radius 3 is 2.50 bits per heavy atom. The van der Waals surface area contributed by atoms with Crippen molar-refractivity contribution in [1.29, 1.82) is 0 Å². The monoisotopic (exact) mass is 269 g/mol. The number of carbonyl (C=O) groups is 1. The fourth-order valence-electron chi connectivity index (χ4n) is 1.17. The largest absolute Gasteiger partial charge is 0.478 e. The third-order valence-electron chi connectivity index (χ3n) is 2.24. The number of hydrogen-bond acceptors (Lipinski definition) is 3. The summed E-state index contributed by atoms with van der Waals surface area (Å²) in [6.07, 6.45) is 2.31. The Hall–Kier alpha value is -1.82. The zero-order valence-electron chi connectivity index (χ0n) is 10.1. The zero-order chi connectivity index (χ0) is 13.8. The second kappa shape index (κ2) is 5.68. The molecule has 18 heavy (non-hydrogen) atoms. The molecule has 0 spiro atoms. The van der Waals surface area contributed by atoms with Crippen LogP contribution in [0.1, 0.15) is 19.4 Å². The zero-order valence-corrected chi connectivity index (χ0v) is 10.9. The number of rotatable bonds is 5. The van der Waals surface area contributed by atoms with E-state index in [-0.39, 0.29) is 0 Å². The van der Waals surface area contributed by atoms with Crippen LogP contribution in [0.15, 0.2) is 30.3 Å². The van der Waals surface area contributed by atoms with E-state index in [1.807, 2.05) is 0 Å². The van der Waals surface area contributed by atoms with E-state index in [1.54, 1.807) is 38.1 Å². The maximum atomic E-state index is 11.7. The van der Waals surface area contributed by atoms with E-state index < -0.39 is 21.2 Å². The lowest BCUT2D eigenvalue weighted by Gasteiger charge is -2.12. The quantitative estimate of drug-likeness (QED) is 0.800. The molecular formula is C12H15NO4S. The fourth-order valence-corrected chi connectivity index (χ4v) is 1.90. The van der Waals surface area contributed by atoms with E-state index in [1.165, 1.54) is 6.08 Å². The van der Waals surface area contributed by atoms with Gasteiger partial charge in [-0.25, -0.2) is 13.2 Å². The number of carboxylic acid groups (broad SMARTS) is 1. The number of nitrogens with one attached hydrogen (secondary N) is 1. The lowest BCUT2D eigenvalue weighted by atomic mass is 10.2. The highest BCUT2D eigenvalue weighted by Crippen LogP contribution is 2.19. The fraction of sp³-hybridized carbons (Fsp3) is 0.250. The maximum Gasteiger partial charge on any atom is 0.328 e. The number of aliphatic carboxylic acids is 1. The van der Waals surface area contributed by atoms with E-state index >= 15 is 0 Å². The highest BCUT2D eigenvalue weighted by atomic mass is 32.2. The summed E-state index contributed by atoms with van der Waals surface area (Å²) in [5.41, 5.74) is 0.868. The Bertz CT molecular complexity index is 561. The van der Waals surface area contributed by atoms with Crippen molar-refractivity contribution in [2.45, 2.75) is 19.1 Å². The predicted octanol–water partition coefficient (Wildman–Crippen LogP) is 1.93. The molecule has 0 aliphatic heterocycles. The van der Waals surface area contributed by atoms with E-state index in [0.717, 1.165) is 6.08 Å². The first kappa shape index (κ1) is 14.2. The number of para-hydroxylation sites is 1. The summed E-state index contributed by atoms with van der Waals surface area (Å²) >= 11 is 0. The second-order valence-electron chi connectivity index (χ2n) is 3.95. The summed E-state index contributed by atoms with van der Waals surface area (Å²) in [5, 5.41) is 8.00. The van der Waals surface area contributed by atoms with Crippen molar-refractivity contribution in [3.63, 3.8) is 0 Å². The average Bonchev–Trinajstić information content (AvgIpc) is 2.27. The second-order valence-corrected chi connectivity index (χ2v) is 6.19. The number of anilines is 1. The highest BCUT2D eigenvalue weighted by Gasteiger charge is 2.16. The normalized spacial score (nSPS) is 11.9. The van der Waals surface area contributed by atoms with Crippen LogP contribution < -0.4 is 4.72 Å². The third-order valence-corrected chi connectivity index (χ3v) is 3.98. The molecule has 0 bridgehead atoms. The Kier molecular flexibility index (Phi) is 4.49. The Morgan fingerprint density at radius 2 is 1.94 bits per heavy atom. The van der Waals surface area contributed by atoms with Crippen molar-refractivity contribution in [2.75, 3.05) is 4.72 Å². The summed E-state index contributed by atoms with van der Waals surface area (Å²) < 4.78 is 25.9. The van der Waals surface area contributed by atoms with Gasteiger partial charge in [0.1, 0.15) is 0 Å². The molecular weight excluding hydrogens is 254 g/mol. The summed E-state index contributed by atoms with van der Waals surface area (Å²) in [4.78, 5) is 10.5. The maximum absolute atomic E-state index is 11.7. The minimum atomic E-state index is -3.44. The van der Waals surface area contributed by atoms with Crippen LogP contribution in [0.5, 0.6) is 0 Å². The van der Waals surface area contributed by atoms with E-state index in [9.17, 15) is 13.2 Å². The molecule has 0 amide bonds. The third kappa shape index (κ3) is 3.89. The Morgan fingerprint density at radius 1 is 1.33 bits per heavy atom. The van der Waals surface area contributed by atoms with Gasteiger partial charge in [0, 0.05) is 6.08 Å². The van der Waals surface area contributed by atoms with Gasteiger partial charge < -0.3 is 5.11 Å². The van der Waals surface area contributed by atoms with Crippen molar-refractivity contribution in [2.24, 2.45) is 0 Å². The standard InChI is InChI=1S/C12H15NO4S/c1-9(2)18(16,17)13-11-6-4-3-5-10(11)7-8-12(14)15/h3-9,13H,1-2H3,(H,14,15)/b8-7+. The van der Waals surface area contributed by atoms with Crippen molar-refractivity contribution >= 4 is 27.8 Å². The molecule has 0 aliphatic rings. The number of sulfonamides is 1. The van der Waals surface area contributed by atoms with Gasteiger partial charge in [-0.2, -0.15) is 0 Å². The van der Waals surface area contributed by atoms with Gasteiger partial charge in [0.2, 0.25) is 10.0 Å². The van der Waals surface area contributed by atoms with Crippen LogP contribution in [-0.4, -0.2) is 24.7 Å². The van der Waals surface area contributed by atoms with Crippen molar-refractivity contribution < 1.29 is 18.3 Å². The first-order valence-corrected chi connectivity index (χ1v) is 6.89. The molecule has 0 saturated heterocycles. The van der Waals surface area contributed by atoms with Crippen molar-refractivity contribution in [3.8, 4) is 0 Å². The lowest BCUT2D eigenvalue weighted by Crippen LogP contribution is -2.22. The van der Waals surface area contributed by atoms with Gasteiger partial charge in [-0.15, -0.1) is 0 Å². The number of hydrogen-bond donors (Lipinski definition) is 2. The first-order chi connectivity index (χ1) is 8.33. The number of benzene rings is 1. The molecule has 5 nitrogen and oxygen atoms in total. The van der Waals surface area contributed by atoms with Gasteiger partial charge in [0.15, 0.2) is 0 Å². The summed E-state index contributed by atoms with van der Waals surface area (Å²) in [5.74, 6) is -1.09. The lowest BCUT2D eigenvalue weighted by molar-refractivity contribution is -0.131.